The molecule has 1 aromatic rings. The van der Waals surface area contributed by atoms with Gasteiger partial charge in [0.2, 0.25) is 0 Å². The second kappa shape index (κ2) is 7.14. The van der Waals surface area contributed by atoms with E-state index in [1.165, 1.54) is 16.7 Å². The van der Waals surface area contributed by atoms with Crippen LogP contribution in [0.1, 0.15) is 48.9 Å². The number of aryl methyl sites for hydroxylation is 2. The lowest BCUT2D eigenvalue weighted by Gasteiger charge is -2.15. The molecule has 1 unspecified atom stereocenters. The highest BCUT2D eigenvalue weighted by molar-refractivity contribution is 5.31. The van der Waals surface area contributed by atoms with Gasteiger partial charge >= 0.3 is 0 Å². The van der Waals surface area contributed by atoms with Crippen molar-refractivity contribution in [3.05, 3.63) is 34.9 Å². The van der Waals surface area contributed by atoms with Crippen LogP contribution in [0.25, 0.3) is 0 Å². The van der Waals surface area contributed by atoms with E-state index in [0.717, 1.165) is 25.8 Å². The van der Waals surface area contributed by atoms with Gasteiger partial charge in [-0.15, -0.1) is 12.3 Å². The Bertz CT molecular complexity index is 387. The van der Waals surface area contributed by atoms with Crippen LogP contribution in [-0.2, 0) is 0 Å². The van der Waals surface area contributed by atoms with Gasteiger partial charge in [0, 0.05) is 12.5 Å². The quantitative estimate of drug-likeness (QED) is 0.578. The predicted molar refractivity (Wildman–Crippen MR) is 75.0 cm³/mol. The average molecular weight is 229 g/mol. The molecule has 92 valence electrons. The van der Waals surface area contributed by atoms with E-state index in [1.54, 1.807) is 0 Å². The molecule has 0 aliphatic carbocycles. The lowest BCUT2D eigenvalue weighted by atomic mass is 10.0. The molecule has 1 nitrogen and oxygen atoms in total. The van der Waals surface area contributed by atoms with Crippen LogP contribution in [-0.4, -0.2) is 6.54 Å². The Hall–Kier alpha value is -1.26. The molecule has 0 saturated heterocycles. The molecule has 0 saturated carbocycles. The van der Waals surface area contributed by atoms with Gasteiger partial charge in [-0.05, 0) is 56.8 Å². The molecule has 1 aromatic carbocycles. The van der Waals surface area contributed by atoms with Crippen molar-refractivity contribution in [3.8, 4) is 12.3 Å². The van der Waals surface area contributed by atoms with Crippen molar-refractivity contribution in [2.75, 3.05) is 6.54 Å². The van der Waals surface area contributed by atoms with Crippen LogP contribution in [0.15, 0.2) is 18.2 Å². The van der Waals surface area contributed by atoms with E-state index in [0.29, 0.717) is 6.04 Å². The van der Waals surface area contributed by atoms with Crippen molar-refractivity contribution in [2.45, 2.75) is 46.1 Å². The van der Waals surface area contributed by atoms with Gasteiger partial charge in [-0.1, -0.05) is 18.2 Å². The third-order valence-corrected chi connectivity index (χ3v) is 3.23. The molecule has 1 atom stereocenters. The van der Waals surface area contributed by atoms with E-state index in [-0.39, 0.29) is 0 Å². The molecule has 0 aliphatic rings. The van der Waals surface area contributed by atoms with Gasteiger partial charge < -0.3 is 5.32 Å². The molecular formula is C16H23N. The Morgan fingerprint density at radius 2 is 2.00 bits per heavy atom. The van der Waals surface area contributed by atoms with E-state index in [9.17, 15) is 0 Å². The number of rotatable bonds is 6. The second-order valence-corrected chi connectivity index (χ2v) is 4.68. The van der Waals surface area contributed by atoms with Gasteiger partial charge in [-0.3, -0.25) is 0 Å². The largest absolute Gasteiger partial charge is 0.310 e. The zero-order valence-electron chi connectivity index (χ0n) is 11.2. The van der Waals surface area contributed by atoms with Gasteiger partial charge in [-0.2, -0.15) is 0 Å². The Balaban J connectivity index is 2.39. The van der Waals surface area contributed by atoms with Gasteiger partial charge in [0.1, 0.15) is 0 Å². The third kappa shape index (κ3) is 4.63. The number of nitrogens with one attached hydrogen (secondary N) is 1. The van der Waals surface area contributed by atoms with Crippen molar-refractivity contribution in [2.24, 2.45) is 0 Å². The maximum atomic E-state index is 5.22. The van der Waals surface area contributed by atoms with Crippen LogP contribution >= 0.6 is 0 Å². The summed E-state index contributed by atoms with van der Waals surface area (Å²) < 4.78 is 0. The minimum absolute atomic E-state index is 0.417. The zero-order chi connectivity index (χ0) is 12.7. The highest BCUT2D eigenvalue weighted by Crippen LogP contribution is 2.16. The van der Waals surface area contributed by atoms with Crippen molar-refractivity contribution >= 4 is 0 Å². The molecule has 0 heterocycles. The molecular weight excluding hydrogens is 206 g/mol. The number of unbranched alkanes of at least 4 members (excludes halogenated alkanes) is 2. The summed E-state index contributed by atoms with van der Waals surface area (Å²) in [5.74, 6) is 2.67. The number of hydrogen-bond donors (Lipinski definition) is 1. The molecule has 17 heavy (non-hydrogen) atoms. The summed E-state index contributed by atoms with van der Waals surface area (Å²) in [7, 11) is 0. The highest BCUT2D eigenvalue weighted by Gasteiger charge is 2.04. The fourth-order valence-corrected chi connectivity index (χ4v) is 1.82. The zero-order valence-corrected chi connectivity index (χ0v) is 11.2. The molecule has 0 aliphatic heterocycles. The number of terminal acetylenes is 1. The van der Waals surface area contributed by atoms with Gasteiger partial charge in [-0.25, -0.2) is 0 Å². The number of benzene rings is 1. The van der Waals surface area contributed by atoms with Crippen LogP contribution in [0, 0.1) is 26.2 Å². The predicted octanol–water partition coefficient (Wildman–Crippen LogP) is 3.76. The SMILES string of the molecule is C#CCCCCNC(C)c1ccc(C)c(C)c1. The maximum Gasteiger partial charge on any atom is 0.0291 e. The fraction of sp³-hybridized carbons (Fsp3) is 0.500. The smallest absolute Gasteiger partial charge is 0.0291 e. The minimum Gasteiger partial charge on any atom is -0.310 e. The van der Waals surface area contributed by atoms with Crippen molar-refractivity contribution < 1.29 is 0 Å². The summed E-state index contributed by atoms with van der Waals surface area (Å²) in [6.45, 7) is 7.57. The summed E-state index contributed by atoms with van der Waals surface area (Å²) in [6, 6.07) is 7.09. The van der Waals surface area contributed by atoms with Gasteiger partial charge in [0.25, 0.3) is 0 Å². The molecule has 1 rings (SSSR count). The molecule has 0 spiro atoms. The Morgan fingerprint density at radius 1 is 1.24 bits per heavy atom. The molecule has 0 bridgehead atoms. The molecule has 1 heteroatoms. The summed E-state index contributed by atoms with van der Waals surface area (Å²) in [5, 5.41) is 3.54. The summed E-state index contributed by atoms with van der Waals surface area (Å²) in [5.41, 5.74) is 4.09. The third-order valence-electron chi connectivity index (χ3n) is 3.23. The lowest BCUT2D eigenvalue weighted by Crippen LogP contribution is -2.19. The summed E-state index contributed by atoms with van der Waals surface area (Å²) in [4.78, 5) is 0. The average Bonchev–Trinajstić information content (AvgIpc) is 2.32. The maximum absolute atomic E-state index is 5.22. The van der Waals surface area contributed by atoms with Crippen LogP contribution < -0.4 is 5.32 Å². The highest BCUT2D eigenvalue weighted by atomic mass is 14.9. The lowest BCUT2D eigenvalue weighted by molar-refractivity contribution is 0.549. The molecule has 0 radical (unpaired) electrons. The first-order chi connectivity index (χ1) is 8.15. The summed E-state index contributed by atoms with van der Waals surface area (Å²) >= 11 is 0. The standard InChI is InChI=1S/C16H23N/c1-5-6-7-8-11-17-15(4)16-10-9-13(2)14(3)12-16/h1,9-10,12,15,17H,6-8,11H2,2-4H3. The van der Waals surface area contributed by atoms with Crippen LogP contribution in [0.3, 0.4) is 0 Å². The van der Waals surface area contributed by atoms with Gasteiger partial charge in [0.15, 0.2) is 0 Å². The van der Waals surface area contributed by atoms with E-state index < -0.39 is 0 Å². The normalized spacial score (nSPS) is 12.1. The molecule has 0 aromatic heterocycles. The molecule has 0 amide bonds. The first-order valence-electron chi connectivity index (χ1n) is 6.39. The Labute approximate surface area is 106 Å². The van der Waals surface area contributed by atoms with Crippen LogP contribution in [0.5, 0.6) is 0 Å². The molecule has 0 fully saturated rings. The van der Waals surface area contributed by atoms with Gasteiger partial charge in [0.05, 0.1) is 0 Å². The van der Waals surface area contributed by atoms with E-state index in [4.69, 9.17) is 6.42 Å². The van der Waals surface area contributed by atoms with Crippen molar-refractivity contribution in [1.29, 1.82) is 0 Å². The summed E-state index contributed by atoms with van der Waals surface area (Å²) in [6.07, 6.45) is 8.38. The minimum atomic E-state index is 0.417. The Morgan fingerprint density at radius 3 is 2.65 bits per heavy atom. The van der Waals surface area contributed by atoms with E-state index in [1.807, 2.05) is 0 Å². The topological polar surface area (TPSA) is 12.0 Å². The van der Waals surface area contributed by atoms with Crippen molar-refractivity contribution in [3.63, 3.8) is 0 Å². The monoisotopic (exact) mass is 229 g/mol. The van der Waals surface area contributed by atoms with E-state index in [2.05, 4.69) is 50.2 Å². The second-order valence-electron chi connectivity index (χ2n) is 4.68. The fourth-order valence-electron chi connectivity index (χ4n) is 1.82. The first-order valence-corrected chi connectivity index (χ1v) is 6.39. The first kappa shape index (κ1) is 13.8. The van der Waals surface area contributed by atoms with Crippen molar-refractivity contribution in [1.82, 2.24) is 5.32 Å². The molecule has 1 N–H and O–H groups in total. The Kier molecular flexibility index (Phi) is 5.80. The number of hydrogen-bond acceptors (Lipinski definition) is 1. The van der Waals surface area contributed by atoms with Crippen LogP contribution in [0.2, 0.25) is 0 Å². The van der Waals surface area contributed by atoms with Crippen LogP contribution in [0.4, 0.5) is 0 Å². The van der Waals surface area contributed by atoms with E-state index >= 15 is 0 Å².